The van der Waals surface area contributed by atoms with Gasteiger partial charge in [0.2, 0.25) is 0 Å². The topological polar surface area (TPSA) is 82.8 Å². The molecule has 6 nitrogen and oxygen atoms in total. The molecular weight excluding hydrogens is 471 g/mol. The molecule has 7 heteroatoms. The first-order valence-electron chi connectivity index (χ1n) is 12.7. The molecule has 4 rings (SSSR count). The van der Waals surface area contributed by atoms with Crippen LogP contribution in [0.3, 0.4) is 0 Å². The number of nitrogens with zero attached hydrogens (tertiary/aromatic N) is 2. The number of hydrogen-bond acceptors (Lipinski definition) is 4. The fraction of sp³-hybridized carbons (Fsp3) is 0.333. The van der Waals surface area contributed by atoms with Crippen molar-refractivity contribution in [3.63, 3.8) is 0 Å². The summed E-state index contributed by atoms with van der Waals surface area (Å²) < 4.78 is 16.2. The van der Waals surface area contributed by atoms with Crippen LogP contribution in [0.15, 0.2) is 60.7 Å². The lowest BCUT2D eigenvalue weighted by Crippen LogP contribution is -2.33. The minimum atomic E-state index is -1.21. The predicted molar refractivity (Wildman–Crippen MR) is 143 cm³/mol. The number of aromatic nitrogens is 1. The lowest BCUT2D eigenvalue weighted by molar-refractivity contribution is -0.140. The van der Waals surface area contributed by atoms with E-state index in [0.717, 1.165) is 59.6 Å². The van der Waals surface area contributed by atoms with E-state index in [2.05, 4.69) is 35.7 Å². The fourth-order valence-electron chi connectivity index (χ4n) is 5.04. The van der Waals surface area contributed by atoms with Crippen molar-refractivity contribution in [3.05, 3.63) is 77.7 Å². The van der Waals surface area contributed by atoms with Crippen molar-refractivity contribution < 1.29 is 24.2 Å². The average molecular weight is 505 g/mol. The lowest BCUT2D eigenvalue weighted by Gasteiger charge is -2.27. The van der Waals surface area contributed by atoms with Gasteiger partial charge in [-0.15, -0.1) is 0 Å². The van der Waals surface area contributed by atoms with Crippen molar-refractivity contribution in [2.45, 2.75) is 51.6 Å². The second kappa shape index (κ2) is 11.6. The number of aliphatic hydroxyl groups is 1. The summed E-state index contributed by atoms with van der Waals surface area (Å²) in [4.78, 5) is 22.8. The Morgan fingerprint density at radius 2 is 1.65 bits per heavy atom. The van der Waals surface area contributed by atoms with E-state index >= 15 is 0 Å². The van der Waals surface area contributed by atoms with E-state index in [1.54, 1.807) is 18.2 Å². The van der Waals surface area contributed by atoms with E-state index in [0.29, 0.717) is 0 Å². The van der Waals surface area contributed by atoms with E-state index in [1.807, 2.05) is 24.3 Å². The number of aliphatic carboxylic acids is 1. The molecule has 0 saturated carbocycles. The van der Waals surface area contributed by atoms with Crippen LogP contribution in [0.5, 0.6) is 0 Å². The fourth-order valence-corrected chi connectivity index (χ4v) is 5.04. The van der Waals surface area contributed by atoms with Gasteiger partial charge in [-0.25, -0.2) is 4.39 Å². The normalized spacial score (nSPS) is 14.6. The van der Waals surface area contributed by atoms with Crippen LogP contribution in [-0.4, -0.2) is 45.8 Å². The smallest absolute Gasteiger partial charge is 0.310 e. The van der Waals surface area contributed by atoms with Gasteiger partial charge < -0.3 is 15.2 Å². The zero-order chi connectivity index (χ0) is 26.5. The van der Waals surface area contributed by atoms with Crippen LogP contribution >= 0.6 is 0 Å². The minimum Gasteiger partial charge on any atom is -0.481 e. The van der Waals surface area contributed by atoms with Gasteiger partial charge >= 0.3 is 5.97 Å². The second-order valence-corrected chi connectivity index (χ2v) is 9.76. The number of carbonyl (C=O) groups excluding carboxylic acids is 1. The van der Waals surface area contributed by atoms with E-state index in [4.69, 9.17) is 5.11 Å². The number of halogens is 1. The van der Waals surface area contributed by atoms with Crippen molar-refractivity contribution in [2.75, 3.05) is 18.1 Å². The Balaban J connectivity index is 1.94. The molecule has 37 heavy (non-hydrogen) atoms. The number of carbonyl (C=O) groups is 2. The molecule has 1 aliphatic heterocycles. The summed E-state index contributed by atoms with van der Waals surface area (Å²) in [6.45, 7) is 6.06. The summed E-state index contributed by atoms with van der Waals surface area (Å²) in [5.74, 6) is -1.95. The number of Topliss-reactive ketones (excluding diaryl/α,β-unsaturated/α-hetero) is 1. The van der Waals surface area contributed by atoms with Crippen molar-refractivity contribution in [1.82, 2.24) is 4.68 Å². The van der Waals surface area contributed by atoms with Crippen molar-refractivity contribution >= 4 is 17.8 Å². The highest BCUT2D eigenvalue weighted by Crippen LogP contribution is 2.43. The Morgan fingerprint density at radius 1 is 1.00 bits per heavy atom. The van der Waals surface area contributed by atoms with Gasteiger partial charge in [-0.3, -0.25) is 14.3 Å². The van der Waals surface area contributed by atoms with Crippen molar-refractivity contribution in [2.24, 2.45) is 0 Å². The molecule has 0 aliphatic carbocycles. The quantitative estimate of drug-likeness (QED) is 0.350. The molecule has 1 unspecified atom stereocenters. The van der Waals surface area contributed by atoms with E-state index in [1.165, 1.54) is 12.1 Å². The molecule has 2 heterocycles. The molecule has 1 aliphatic rings. The third-order valence-electron chi connectivity index (χ3n) is 6.58. The highest BCUT2D eigenvalue weighted by atomic mass is 19.1. The molecule has 0 radical (unpaired) electrons. The van der Waals surface area contributed by atoms with Gasteiger partial charge in [0.25, 0.3) is 0 Å². The summed E-state index contributed by atoms with van der Waals surface area (Å²) in [5, 5.41) is 21.8. The summed E-state index contributed by atoms with van der Waals surface area (Å²) >= 11 is 0. The maximum Gasteiger partial charge on any atom is 0.310 e. The first kappa shape index (κ1) is 26.4. The number of ketones is 1. The van der Waals surface area contributed by atoms with Gasteiger partial charge in [-0.05, 0) is 36.5 Å². The largest absolute Gasteiger partial charge is 0.481 e. The number of carboxylic acids is 1. The number of carboxylic acid groups (broad SMARTS) is 1. The van der Waals surface area contributed by atoms with Crippen LogP contribution < -0.4 is 5.01 Å². The monoisotopic (exact) mass is 504 g/mol. The molecule has 0 spiro atoms. The second-order valence-electron chi connectivity index (χ2n) is 9.76. The molecule has 1 atom stereocenters. The van der Waals surface area contributed by atoms with Crippen LogP contribution in [-0.2, 0) is 9.59 Å². The molecule has 3 aromatic rings. The Morgan fingerprint density at radius 3 is 2.24 bits per heavy atom. The van der Waals surface area contributed by atoms with E-state index in [-0.39, 0.29) is 18.2 Å². The van der Waals surface area contributed by atoms with Gasteiger partial charge in [-0.1, -0.05) is 68.5 Å². The molecule has 0 bridgehead atoms. The van der Waals surface area contributed by atoms with Gasteiger partial charge in [0.1, 0.15) is 18.0 Å². The third-order valence-corrected chi connectivity index (χ3v) is 6.58. The standard InChI is InChI=1S/C30H33FN2O4/c1-20(2)29-26(15-14-24(34)18-25(35)19-27(36)37)28(21-10-12-23(31)13-11-21)30(22-8-4-3-5-9-22)33(29)32-16-6-7-17-32/h3-5,8-15,20,24,34H,6-7,16-19H2,1-2H3,(H,36,37). The van der Waals surface area contributed by atoms with Crippen molar-refractivity contribution in [1.29, 1.82) is 0 Å². The summed E-state index contributed by atoms with van der Waals surface area (Å²) in [7, 11) is 0. The maximum atomic E-state index is 13.9. The summed E-state index contributed by atoms with van der Waals surface area (Å²) in [5.41, 5.74) is 5.72. The van der Waals surface area contributed by atoms with Crippen molar-refractivity contribution in [3.8, 4) is 22.4 Å². The van der Waals surface area contributed by atoms with E-state index < -0.39 is 24.3 Å². The first-order chi connectivity index (χ1) is 17.8. The number of aliphatic hydroxyl groups excluding tert-OH is 1. The zero-order valence-corrected chi connectivity index (χ0v) is 21.2. The molecule has 1 fully saturated rings. The Hall–Kier alpha value is -3.71. The van der Waals surface area contributed by atoms with Gasteiger partial charge in [0, 0.05) is 36.2 Å². The van der Waals surface area contributed by atoms with Crippen LogP contribution in [0.25, 0.3) is 28.5 Å². The molecule has 1 aromatic heterocycles. The highest BCUT2D eigenvalue weighted by molar-refractivity contribution is 5.95. The Labute approximate surface area is 216 Å². The summed E-state index contributed by atoms with van der Waals surface area (Å²) in [6.07, 6.45) is 3.54. The van der Waals surface area contributed by atoms with Crippen LogP contribution in [0, 0.1) is 5.82 Å². The minimum absolute atomic E-state index is 0.114. The summed E-state index contributed by atoms with van der Waals surface area (Å²) in [6, 6.07) is 16.5. The molecule has 1 saturated heterocycles. The number of hydrogen-bond donors (Lipinski definition) is 2. The SMILES string of the molecule is CC(C)c1c(C=CC(O)CC(=O)CC(=O)O)c(-c2ccc(F)cc2)c(-c2ccccc2)n1N1CCCC1. The average Bonchev–Trinajstić information content (AvgIpc) is 3.49. The number of rotatable bonds is 10. The Bertz CT molecular complexity index is 1270. The molecular formula is C30H33FN2O4. The van der Waals surface area contributed by atoms with Crippen LogP contribution in [0.4, 0.5) is 4.39 Å². The highest BCUT2D eigenvalue weighted by Gasteiger charge is 2.29. The van der Waals surface area contributed by atoms with Gasteiger partial charge in [0.05, 0.1) is 17.5 Å². The van der Waals surface area contributed by atoms with Gasteiger partial charge in [0.15, 0.2) is 0 Å². The number of benzene rings is 2. The van der Waals surface area contributed by atoms with E-state index in [9.17, 15) is 19.1 Å². The zero-order valence-electron chi connectivity index (χ0n) is 21.2. The lowest BCUT2D eigenvalue weighted by atomic mass is 9.94. The predicted octanol–water partition coefficient (Wildman–Crippen LogP) is 5.62. The molecule has 0 amide bonds. The first-order valence-corrected chi connectivity index (χ1v) is 12.7. The maximum absolute atomic E-state index is 13.9. The van der Waals surface area contributed by atoms with Gasteiger partial charge in [-0.2, -0.15) is 0 Å². The van der Waals surface area contributed by atoms with Crippen LogP contribution in [0.1, 0.15) is 56.7 Å². The molecule has 2 N–H and O–H groups in total. The molecule has 194 valence electrons. The Kier molecular flexibility index (Phi) is 8.24. The van der Waals surface area contributed by atoms with Crippen LogP contribution in [0.2, 0.25) is 0 Å². The molecule has 2 aromatic carbocycles. The third kappa shape index (κ3) is 6.00.